The molecule has 0 spiro atoms. The molecule has 186 valence electrons. The van der Waals surface area contributed by atoms with Gasteiger partial charge in [0.2, 0.25) is 5.91 Å². The van der Waals surface area contributed by atoms with Crippen molar-refractivity contribution < 1.29 is 13.9 Å². The van der Waals surface area contributed by atoms with Gasteiger partial charge in [-0.15, -0.1) is 0 Å². The molecule has 0 N–H and O–H groups in total. The first kappa shape index (κ1) is 23.6. The minimum absolute atomic E-state index is 0.0177. The zero-order valence-corrected chi connectivity index (χ0v) is 20.1. The van der Waals surface area contributed by atoms with Crippen molar-refractivity contribution in [3.8, 4) is 17.0 Å². The smallest absolute Gasteiger partial charge is 0.276 e. The third kappa shape index (κ3) is 4.95. The number of hydrogen-bond donors (Lipinski definition) is 0. The van der Waals surface area contributed by atoms with E-state index >= 15 is 0 Å². The number of anilines is 1. The molecule has 1 aliphatic heterocycles. The molecule has 5 rings (SSSR count). The number of halogens is 1. The third-order valence-electron chi connectivity index (χ3n) is 6.46. The SMILES string of the molecule is CCOc1ccc(-c2cc3c(=O)n(CCC(=O)N4CCN(c5ccc(F)cc5)CC4)ccn3n2)cc1. The van der Waals surface area contributed by atoms with Gasteiger partial charge in [-0.25, -0.2) is 8.91 Å². The topological polar surface area (TPSA) is 72.1 Å². The third-order valence-corrected chi connectivity index (χ3v) is 6.46. The van der Waals surface area contributed by atoms with E-state index in [2.05, 4.69) is 10.00 Å². The van der Waals surface area contributed by atoms with Gasteiger partial charge >= 0.3 is 0 Å². The van der Waals surface area contributed by atoms with Crippen molar-refractivity contribution in [2.75, 3.05) is 37.7 Å². The molecule has 2 aromatic heterocycles. The van der Waals surface area contributed by atoms with Gasteiger partial charge < -0.3 is 19.1 Å². The molecule has 0 aliphatic carbocycles. The molecule has 1 saturated heterocycles. The van der Waals surface area contributed by atoms with Crippen LogP contribution >= 0.6 is 0 Å². The predicted octanol–water partition coefficient (Wildman–Crippen LogP) is 3.44. The second-order valence-corrected chi connectivity index (χ2v) is 8.71. The second kappa shape index (κ2) is 10.2. The van der Waals surface area contributed by atoms with Crippen molar-refractivity contribution in [2.24, 2.45) is 0 Å². The largest absolute Gasteiger partial charge is 0.494 e. The Hall–Kier alpha value is -4.14. The lowest BCUT2D eigenvalue weighted by molar-refractivity contribution is -0.131. The number of amides is 1. The van der Waals surface area contributed by atoms with E-state index in [0.717, 1.165) is 17.0 Å². The van der Waals surface area contributed by atoms with Crippen molar-refractivity contribution in [2.45, 2.75) is 19.9 Å². The van der Waals surface area contributed by atoms with Gasteiger partial charge in [-0.2, -0.15) is 5.10 Å². The van der Waals surface area contributed by atoms with Crippen LogP contribution in [-0.4, -0.2) is 57.8 Å². The number of piperazine rings is 1. The van der Waals surface area contributed by atoms with E-state index in [1.807, 2.05) is 36.1 Å². The number of carbonyl (C=O) groups excluding carboxylic acids is 1. The van der Waals surface area contributed by atoms with Crippen LogP contribution in [0.5, 0.6) is 5.75 Å². The van der Waals surface area contributed by atoms with Crippen molar-refractivity contribution in [3.63, 3.8) is 0 Å². The van der Waals surface area contributed by atoms with Crippen LogP contribution in [-0.2, 0) is 11.3 Å². The predicted molar refractivity (Wildman–Crippen MR) is 136 cm³/mol. The number of aryl methyl sites for hydroxylation is 1. The van der Waals surface area contributed by atoms with Crippen molar-refractivity contribution in [1.29, 1.82) is 0 Å². The van der Waals surface area contributed by atoms with Crippen LogP contribution in [0.4, 0.5) is 10.1 Å². The van der Waals surface area contributed by atoms with Crippen LogP contribution in [0.15, 0.2) is 71.8 Å². The molecule has 4 aromatic rings. The number of aromatic nitrogens is 3. The molecular formula is C27H28FN5O3. The van der Waals surface area contributed by atoms with Crippen LogP contribution < -0.4 is 15.2 Å². The van der Waals surface area contributed by atoms with Crippen molar-refractivity contribution in [1.82, 2.24) is 19.1 Å². The molecule has 9 heteroatoms. The van der Waals surface area contributed by atoms with Crippen molar-refractivity contribution in [3.05, 3.63) is 83.2 Å². The molecule has 36 heavy (non-hydrogen) atoms. The minimum atomic E-state index is -0.260. The summed E-state index contributed by atoms with van der Waals surface area (Å²) in [7, 11) is 0. The Kier molecular flexibility index (Phi) is 6.71. The van der Waals surface area contributed by atoms with E-state index in [9.17, 15) is 14.0 Å². The van der Waals surface area contributed by atoms with Gasteiger partial charge in [-0.1, -0.05) is 0 Å². The number of carbonyl (C=O) groups is 1. The Balaban J connectivity index is 1.21. The van der Waals surface area contributed by atoms with E-state index < -0.39 is 0 Å². The number of fused-ring (bicyclic) bond motifs is 1. The lowest BCUT2D eigenvalue weighted by atomic mass is 10.1. The standard InChI is InChI=1S/C27H28FN5O3/c1-2-36-23-9-3-20(4-10-23)24-19-25-27(35)32(17-18-33(25)29-24)12-11-26(34)31-15-13-30(14-16-31)22-7-5-21(28)6-8-22/h3-10,17-19H,2,11-16H2,1H3. The fourth-order valence-corrected chi connectivity index (χ4v) is 4.47. The van der Waals surface area contributed by atoms with Crippen LogP contribution in [0.25, 0.3) is 16.8 Å². The van der Waals surface area contributed by atoms with Crippen LogP contribution in [0.3, 0.4) is 0 Å². The highest BCUT2D eigenvalue weighted by molar-refractivity contribution is 5.76. The fraction of sp³-hybridized carbons (Fsp3) is 0.296. The number of nitrogens with zero attached hydrogens (tertiary/aromatic N) is 5. The molecule has 0 bridgehead atoms. The highest BCUT2D eigenvalue weighted by Crippen LogP contribution is 2.22. The van der Waals surface area contributed by atoms with E-state index in [-0.39, 0.29) is 23.7 Å². The zero-order valence-electron chi connectivity index (χ0n) is 20.1. The number of benzene rings is 2. The summed E-state index contributed by atoms with van der Waals surface area (Å²) in [6.45, 7) is 5.40. The van der Waals surface area contributed by atoms with Crippen molar-refractivity contribution >= 4 is 17.1 Å². The van der Waals surface area contributed by atoms with E-state index in [0.29, 0.717) is 50.5 Å². The fourth-order valence-electron chi connectivity index (χ4n) is 4.47. The van der Waals surface area contributed by atoms with Gasteiger partial charge in [0.1, 0.15) is 17.1 Å². The van der Waals surface area contributed by atoms with Gasteiger partial charge in [-0.05, 0) is 61.5 Å². The first-order valence-electron chi connectivity index (χ1n) is 12.1. The summed E-state index contributed by atoms with van der Waals surface area (Å²) in [6.07, 6.45) is 3.65. The van der Waals surface area contributed by atoms with Gasteiger partial charge in [0.05, 0.1) is 12.3 Å². The summed E-state index contributed by atoms with van der Waals surface area (Å²) in [4.78, 5) is 29.8. The highest BCUT2D eigenvalue weighted by Gasteiger charge is 2.21. The summed E-state index contributed by atoms with van der Waals surface area (Å²) >= 11 is 0. The molecule has 1 fully saturated rings. The average molecular weight is 490 g/mol. The molecule has 0 unspecified atom stereocenters. The quantitative estimate of drug-likeness (QED) is 0.398. The molecular weight excluding hydrogens is 461 g/mol. The maximum atomic E-state index is 13.2. The number of hydrogen-bond acceptors (Lipinski definition) is 5. The Morgan fingerprint density at radius 3 is 2.42 bits per heavy atom. The Morgan fingerprint density at radius 1 is 1.00 bits per heavy atom. The number of rotatable bonds is 7. The van der Waals surface area contributed by atoms with Gasteiger partial charge in [0.15, 0.2) is 0 Å². The molecule has 0 saturated carbocycles. The summed E-state index contributed by atoms with van der Waals surface area (Å²) in [5, 5.41) is 4.53. The van der Waals surface area contributed by atoms with E-state index in [1.165, 1.54) is 12.1 Å². The highest BCUT2D eigenvalue weighted by atomic mass is 19.1. The Labute approximate surface area is 208 Å². The first-order valence-corrected chi connectivity index (χ1v) is 12.1. The summed E-state index contributed by atoms with van der Waals surface area (Å²) < 4.78 is 21.8. The Bertz CT molecular complexity index is 1400. The lowest BCUT2D eigenvalue weighted by Gasteiger charge is -2.36. The molecule has 1 amide bonds. The van der Waals surface area contributed by atoms with Gasteiger partial charge in [0.25, 0.3) is 5.56 Å². The summed E-state index contributed by atoms with van der Waals surface area (Å²) in [6, 6.07) is 15.8. The molecule has 0 radical (unpaired) electrons. The zero-order chi connectivity index (χ0) is 25.1. The van der Waals surface area contributed by atoms with Crippen LogP contribution in [0.2, 0.25) is 0 Å². The molecule has 3 heterocycles. The maximum absolute atomic E-state index is 13.2. The minimum Gasteiger partial charge on any atom is -0.494 e. The Morgan fingerprint density at radius 2 is 1.72 bits per heavy atom. The lowest BCUT2D eigenvalue weighted by Crippen LogP contribution is -2.49. The number of ether oxygens (including phenoxy) is 1. The monoisotopic (exact) mass is 489 g/mol. The van der Waals surface area contributed by atoms with Crippen LogP contribution in [0, 0.1) is 5.82 Å². The van der Waals surface area contributed by atoms with E-state index in [1.54, 1.807) is 39.7 Å². The normalized spacial score (nSPS) is 13.8. The van der Waals surface area contributed by atoms with E-state index in [4.69, 9.17) is 4.74 Å². The molecule has 0 atom stereocenters. The van der Waals surface area contributed by atoms with Crippen LogP contribution in [0.1, 0.15) is 13.3 Å². The molecule has 1 aliphatic rings. The molecule has 8 nitrogen and oxygen atoms in total. The summed E-state index contributed by atoms with van der Waals surface area (Å²) in [5.41, 5.74) is 2.82. The average Bonchev–Trinajstić information content (AvgIpc) is 3.35. The summed E-state index contributed by atoms with van der Waals surface area (Å²) in [5.74, 6) is 0.544. The maximum Gasteiger partial charge on any atom is 0.276 e. The second-order valence-electron chi connectivity index (χ2n) is 8.71. The first-order chi connectivity index (χ1) is 17.5. The molecule has 2 aromatic carbocycles. The van der Waals surface area contributed by atoms with Gasteiger partial charge in [-0.3, -0.25) is 9.59 Å². The van der Waals surface area contributed by atoms with Gasteiger partial charge in [0, 0.05) is 62.8 Å².